The molecule has 3 nitrogen and oxygen atoms in total. The Hall–Kier alpha value is -2.55. The molecule has 0 unspecified atom stereocenters. The van der Waals surface area contributed by atoms with E-state index in [1.165, 1.54) is 23.8 Å². The van der Waals surface area contributed by atoms with Crippen molar-refractivity contribution < 1.29 is 14.3 Å². The number of carbonyl (C=O) groups is 1. The van der Waals surface area contributed by atoms with Gasteiger partial charge in [-0.3, -0.25) is 0 Å². The number of hydrogen-bond donors (Lipinski definition) is 0. The zero-order valence-corrected chi connectivity index (χ0v) is 14.6. The van der Waals surface area contributed by atoms with Gasteiger partial charge in [0.1, 0.15) is 5.75 Å². The van der Waals surface area contributed by atoms with E-state index in [0.717, 1.165) is 17.9 Å². The summed E-state index contributed by atoms with van der Waals surface area (Å²) in [5, 5.41) is 0. The topological polar surface area (TPSA) is 35.5 Å². The lowest BCUT2D eigenvalue weighted by Gasteiger charge is -2.16. The molecule has 0 saturated heterocycles. The smallest absolute Gasteiger partial charge is 0.337 e. The predicted octanol–water partition coefficient (Wildman–Crippen LogP) is 4.70. The normalized spacial score (nSPS) is 15.6. The molecule has 2 aromatic rings. The number of hydrogen-bond acceptors (Lipinski definition) is 3. The summed E-state index contributed by atoms with van der Waals surface area (Å²) in [5.74, 6) is 0.669. The maximum Gasteiger partial charge on any atom is 0.337 e. The Bertz CT molecular complexity index is 798. The van der Waals surface area contributed by atoms with Crippen LogP contribution in [-0.2, 0) is 10.2 Å². The Morgan fingerprint density at radius 1 is 1.12 bits per heavy atom. The van der Waals surface area contributed by atoms with Gasteiger partial charge in [-0.05, 0) is 47.9 Å². The van der Waals surface area contributed by atoms with E-state index in [9.17, 15) is 4.79 Å². The molecule has 3 heteroatoms. The number of methoxy groups -OCH3 is 1. The standard InChI is InChI=1S/C21H22O3/c1-14(11-15-5-7-16(8-6-15)20(22)23-4)17-9-10-19-18(12-17)21(2,3)13-24-19/h5-12H,13H2,1-4H3. The van der Waals surface area contributed by atoms with E-state index in [0.29, 0.717) is 5.56 Å². The molecule has 3 rings (SSSR count). The number of fused-ring (bicyclic) bond motifs is 1. The predicted molar refractivity (Wildman–Crippen MR) is 96.3 cm³/mol. The van der Waals surface area contributed by atoms with Gasteiger partial charge in [-0.25, -0.2) is 4.79 Å². The number of allylic oxidation sites excluding steroid dienone is 1. The molecule has 2 aromatic carbocycles. The van der Waals surface area contributed by atoms with Gasteiger partial charge in [-0.1, -0.05) is 38.1 Å². The molecule has 0 aliphatic carbocycles. The molecule has 0 aromatic heterocycles. The van der Waals surface area contributed by atoms with Crippen LogP contribution in [0.3, 0.4) is 0 Å². The van der Waals surface area contributed by atoms with E-state index in [1.54, 1.807) is 12.1 Å². The second-order valence-electron chi connectivity index (χ2n) is 6.82. The maximum atomic E-state index is 11.5. The van der Waals surface area contributed by atoms with Crippen LogP contribution in [-0.4, -0.2) is 19.7 Å². The van der Waals surface area contributed by atoms with Crippen LogP contribution in [0.25, 0.3) is 11.6 Å². The summed E-state index contributed by atoms with van der Waals surface area (Å²) in [5.41, 5.74) is 5.28. The van der Waals surface area contributed by atoms with Gasteiger partial charge in [-0.15, -0.1) is 0 Å². The molecule has 24 heavy (non-hydrogen) atoms. The monoisotopic (exact) mass is 322 g/mol. The van der Waals surface area contributed by atoms with Crippen molar-refractivity contribution in [2.75, 3.05) is 13.7 Å². The Morgan fingerprint density at radius 3 is 2.46 bits per heavy atom. The lowest BCUT2D eigenvalue weighted by Crippen LogP contribution is -2.18. The first-order chi connectivity index (χ1) is 11.4. The first-order valence-electron chi connectivity index (χ1n) is 8.05. The van der Waals surface area contributed by atoms with Crippen molar-refractivity contribution in [1.29, 1.82) is 0 Å². The molecule has 0 bridgehead atoms. The van der Waals surface area contributed by atoms with Crippen molar-refractivity contribution in [2.45, 2.75) is 26.2 Å². The first kappa shape index (κ1) is 16.3. The zero-order chi connectivity index (χ0) is 17.3. The van der Waals surface area contributed by atoms with Crippen molar-refractivity contribution in [3.05, 3.63) is 64.7 Å². The minimum atomic E-state index is -0.317. The molecule has 1 aliphatic rings. The molecule has 0 atom stereocenters. The summed E-state index contributed by atoms with van der Waals surface area (Å²) in [6.07, 6.45) is 2.12. The lowest BCUT2D eigenvalue weighted by molar-refractivity contribution is 0.0600. The summed E-state index contributed by atoms with van der Waals surface area (Å²) in [6, 6.07) is 13.8. The molecule has 0 saturated carbocycles. The van der Waals surface area contributed by atoms with Crippen LogP contribution in [0.1, 0.15) is 47.8 Å². The van der Waals surface area contributed by atoms with Gasteiger partial charge in [-0.2, -0.15) is 0 Å². The number of ether oxygens (including phenoxy) is 2. The van der Waals surface area contributed by atoms with E-state index in [-0.39, 0.29) is 11.4 Å². The Balaban J connectivity index is 1.88. The van der Waals surface area contributed by atoms with Gasteiger partial charge in [0, 0.05) is 11.0 Å². The Labute approximate surface area is 142 Å². The van der Waals surface area contributed by atoms with Crippen molar-refractivity contribution in [3.8, 4) is 5.75 Å². The van der Waals surface area contributed by atoms with Gasteiger partial charge >= 0.3 is 5.97 Å². The molecule has 124 valence electrons. The van der Waals surface area contributed by atoms with Crippen LogP contribution in [0.15, 0.2) is 42.5 Å². The molecular weight excluding hydrogens is 300 g/mol. The van der Waals surface area contributed by atoms with Crippen LogP contribution in [0.2, 0.25) is 0 Å². The number of benzene rings is 2. The largest absolute Gasteiger partial charge is 0.492 e. The lowest BCUT2D eigenvalue weighted by atomic mass is 9.85. The van der Waals surface area contributed by atoms with Crippen molar-refractivity contribution in [2.24, 2.45) is 0 Å². The SMILES string of the molecule is COC(=O)c1ccc(C=C(C)c2ccc3c(c2)C(C)(C)CO3)cc1. The minimum Gasteiger partial charge on any atom is -0.492 e. The molecule has 0 fully saturated rings. The first-order valence-corrected chi connectivity index (χ1v) is 8.05. The number of esters is 1. The van der Waals surface area contributed by atoms with Gasteiger partial charge in [0.25, 0.3) is 0 Å². The second kappa shape index (κ2) is 6.16. The summed E-state index contributed by atoms with van der Waals surface area (Å²) in [4.78, 5) is 11.5. The van der Waals surface area contributed by atoms with Crippen LogP contribution < -0.4 is 4.74 Å². The highest BCUT2D eigenvalue weighted by molar-refractivity contribution is 5.90. The second-order valence-corrected chi connectivity index (χ2v) is 6.82. The van der Waals surface area contributed by atoms with Crippen molar-refractivity contribution >= 4 is 17.6 Å². The fourth-order valence-corrected chi connectivity index (χ4v) is 2.93. The third-order valence-corrected chi connectivity index (χ3v) is 4.47. The molecule has 0 N–H and O–H groups in total. The van der Waals surface area contributed by atoms with Gasteiger partial charge < -0.3 is 9.47 Å². The summed E-state index contributed by atoms with van der Waals surface area (Å²) >= 11 is 0. The van der Waals surface area contributed by atoms with E-state index >= 15 is 0 Å². The highest BCUT2D eigenvalue weighted by atomic mass is 16.5. The third kappa shape index (κ3) is 3.07. The molecule has 0 radical (unpaired) electrons. The fourth-order valence-electron chi connectivity index (χ4n) is 2.93. The van der Waals surface area contributed by atoms with Gasteiger partial charge in [0.2, 0.25) is 0 Å². The van der Waals surface area contributed by atoms with E-state index in [2.05, 4.69) is 45.0 Å². The van der Waals surface area contributed by atoms with Crippen molar-refractivity contribution in [1.82, 2.24) is 0 Å². The summed E-state index contributed by atoms with van der Waals surface area (Å²) in [6.45, 7) is 7.22. The van der Waals surface area contributed by atoms with E-state index < -0.39 is 0 Å². The van der Waals surface area contributed by atoms with Crippen LogP contribution in [0.5, 0.6) is 5.75 Å². The average Bonchev–Trinajstić information content (AvgIpc) is 2.89. The average molecular weight is 322 g/mol. The minimum absolute atomic E-state index is 0.0494. The van der Waals surface area contributed by atoms with Crippen LogP contribution >= 0.6 is 0 Å². The molecule has 1 aliphatic heterocycles. The quantitative estimate of drug-likeness (QED) is 0.607. The fraction of sp³-hybridized carbons (Fsp3) is 0.286. The molecular formula is C21H22O3. The number of carbonyl (C=O) groups excluding carboxylic acids is 1. The molecule has 0 amide bonds. The highest BCUT2D eigenvalue weighted by Gasteiger charge is 2.31. The Kier molecular flexibility index (Phi) is 4.18. The van der Waals surface area contributed by atoms with Crippen LogP contribution in [0, 0.1) is 0 Å². The third-order valence-electron chi connectivity index (χ3n) is 4.47. The summed E-state index contributed by atoms with van der Waals surface area (Å²) < 4.78 is 10.5. The zero-order valence-electron chi connectivity index (χ0n) is 14.6. The van der Waals surface area contributed by atoms with Crippen molar-refractivity contribution in [3.63, 3.8) is 0 Å². The molecule has 0 spiro atoms. The molecule has 1 heterocycles. The summed E-state index contributed by atoms with van der Waals surface area (Å²) in [7, 11) is 1.39. The van der Waals surface area contributed by atoms with E-state index in [4.69, 9.17) is 9.47 Å². The Morgan fingerprint density at radius 2 is 1.79 bits per heavy atom. The van der Waals surface area contributed by atoms with Gasteiger partial charge in [0.15, 0.2) is 0 Å². The van der Waals surface area contributed by atoms with Gasteiger partial charge in [0.05, 0.1) is 19.3 Å². The van der Waals surface area contributed by atoms with Crippen LogP contribution in [0.4, 0.5) is 0 Å². The maximum absolute atomic E-state index is 11.5. The van der Waals surface area contributed by atoms with E-state index in [1.807, 2.05) is 12.1 Å². The highest BCUT2D eigenvalue weighted by Crippen LogP contribution is 2.39. The number of rotatable bonds is 3.